The fraction of sp³-hybridized carbons (Fsp3) is 0.737. The van der Waals surface area contributed by atoms with Gasteiger partial charge in [-0.05, 0) is 56.2 Å². The van der Waals surface area contributed by atoms with Gasteiger partial charge in [-0.3, -0.25) is 9.69 Å². The number of rotatable bonds is 6. The highest BCUT2D eigenvalue weighted by Gasteiger charge is 2.46. The Morgan fingerprint density at radius 3 is 2.59 bits per heavy atom. The average molecular weight is 404 g/mol. The molecule has 1 amide bonds. The van der Waals surface area contributed by atoms with Crippen LogP contribution >= 0.6 is 11.3 Å². The van der Waals surface area contributed by atoms with Crippen LogP contribution in [0.1, 0.15) is 38.0 Å². The van der Waals surface area contributed by atoms with Crippen LogP contribution in [0.25, 0.3) is 0 Å². The van der Waals surface area contributed by atoms with E-state index in [2.05, 4.69) is 23.6 Å². The zero-order chi connectivity index (χ0) is 19.9. The first-order chi connectivity index (χ1) is 12.6. The molecule has 0 radical (unpaired) electrons. The molecule has 2 aliphatic rings. The smallest absolute Gasteiger partial charge is 0.368 e. The number of nitrogens with zero attached hydrogens (tertiary/aromatic N) is 2. The normalized spacial score (nSPS) is 26.8. The van der Waals surface area contributed by atoms with Crippen LogP contribution in [0.3, 0.4) is 0 Å². The first-order valence-electron chi connectivity index (χ1n) is 9.51. The van der Waals surface area contributed by atoms with Crippen LogP contribution in [0.5, 0.6) is 0 Å². The summed E-state index contributed by atoms with van der Waals surface area (Å²) in [7, 11) is 1.97. The lowest BCUT2D eigenvalue weighted by Gasteiger charge is -2.35. The van der Waals surface area contributed by atoms with Crippen molar-refractivity contribution < 1.29 is 18.0 Å². The Labute approximate surface area is 162 Å². The van der Waals surface area contributed by atoms with Crippen LogP contribution in [0.4, 0.5) is 18.2 Å². The van der Waals surface area contributed by atoms with E-state index in [0.29, 0.717) is 22.8 Å². The fourth-order valence-electron chi connectivity index (χ4n) is 4.73. The summed E-state index contributed by atoms with van der Waals surface area (Å²) in [5.41, 5.74) is 5.66. The van der Waals surface area contributed by atoms with E-state index >= 15 is 0 Å². The molecule has 1 saturated carbocycles. The summed E-state index contributed by atoms with van der Waals surface area (Å²) in [6, 6.07) is 2.71. The number of carbonyl (C=O) groups excluding carboxylic acids is 1. The van der Waals surface area contributed by atoms with Gasteiger partial charge in [0.2, 0.25) is 5.91 Å². The summed E-state index contributed by atoms with van der Waals surface area (Å²) >= 11 is 0.818. The molecule has 1 aromatic heterocycles. The molecular formula is C19H28F3N3OS. The van der Waals surface area contributed by atoms with Crippen molar-refractivity contribution in [2.24, 2.45) is 23.5 Å². The molecular weight excluding hydrogens is 375 g/mol. The number of nitrogens with two attached hydrogens (primary N) is 1. The van der Waals surface area contributed by atoms with E-state index in [9.17, 15) is 18.0 Å². The van der Waals surface area contributed by atoms with Gasteiger partial charge in [0.1, 0.15) is 4.88 Å². The molecule has 0 unspecified atom stereocenters. The quantitative estimate of drug-likeness (QED) is 0.786. The van der Waals surface area contributed by atoms with Crippen molar-refractivity contribution in [2.45, 2.75) is 51.4 Å². The molecule has 0 bridgehead atoms. The number of hydrogen-bond acceptors (Lipinski definition) is 4. The first-order valence-corrected chi connectivity index (χ1v) is 10.3. The van der Waals surface area contributed by atoms with Crippen molar-refractivity contribution >= 4 is 22.2 Å². The highest BCUT2D eigenvalue weighted by atomic mass is 32.1. The fourth-order valence-corrected chi connectivity index (χ4v) is 5.62. The number of amides is 1. The minimum Gasteiger partial charge on any atom is -0.368 e. The number of fused-ring (bicyclic) bond motifs is 1. The Morgan fingerprint density at radius 1 is 1.33 bits per heavy atom. The number of carbonyl (C=O) groups is 1. The zero-order valence-corrected chi connectivity index (χ0v) is 16.8. The maximum Gasteiger partial charge on any atom is 0.425 e. The predicted octanol–water partition coefficient (Wildman–Crippen LogP) is 3.81. The standard InChI is InChI=1S/C19H28F3N3OS/c1-11(2)8-15(18(23)26)24(3)14-5-4-12-9-25(10-13(12)14)17-7-6-16(27-17)19(20,21)22/h6-7,11-15H,4-5,8-10H2,1-3H3,(H2,23,26)/t12-,13+,14+,15+/m1/s1. The molecule has 3 rings (SSSR count). The van der Waals surface area contributed by atoms with Crippen molar-refractivity contribution in [3.63, 3.8) is 0 Å². The van der Waals surface area contributed by atoms with Gasteiger partial charge in [-0.25, -0.2) is 0 Å². The largest absolute Gasteiger partial charge is 0.425 e. The minimum absolute atomic E-state index is 0.248. The summed E-state index contributed by atoms with van der Waals surface area (Å²) in [6.45, 7) is 5.68. The molecule has 2 heterocycles. The number of halogens is 3. The second kappa shape index (κ2) is 7.62. The summed E-state index contributed by atoms with van der Waals surface area (Å²) < 4.78 is 38.7. The number of thiophene rings is 1. The van der Waals surface area contributed by atoms with Crippen LogP contribution in [0.15, 0.2) is 12.1 Å². The molecule has 152 valence electrons. The predicted molar refractivity (Wildman–Crippen MR) is 102 cm³/mol. The topological polar surface area (TPSA) is 49.6 Å². The van der Waals surface area contributed by atoms with Crippen LogP contribution in [-0.2, 0) is 11.0 Å². The Balaban J connectivity index is 1.71. The van der Waals surface area contributed by atoms with Gasteiger partial charge < -0.3 is 10.6 Å². The second-order valence-corrected chi connectivity index (χ2v) is 9.38. The number of likely N-dealkylation sites (N-methyl/N-ethyl adjacent to an activating group) is 1. The maximum atomic E-state index is 12.9. The van der Waals surface area contributed by atoms with Crippen LogP contribution in [-0.4, -0.2) is 43.0 Å². The summed E-state index contributed by atoms with van der Waals surface area (Å²) in [5.74, 6) is 0.897. The van der Waals surface area contributed by atoms with Crippen LogP contribution < -0.4 is 10.6 Å². The van der Waals surface area contributed by atoms with Gasteiger partial charge in [-0.1, -0.05) is 13.8 Å². The van der Waals surface area contributed by atoms with E-state index in [1.807, 2.05) is 7.05 Å². The SMILES string of the molecule is CC(C)C[C@@H](C(N)=O)N(C)[C@H]1CC[C@@H]2CN(c3ccc(C(F)(F)F)s3)C[C@@H]21. The van der Waals surface area contributed by atoms with Crippen molar-refractivity contribution in [1.29, 1.82) is 0 Å². The third-order valence-electron chi connectivity index (χ3n) is 6.04. The first kappa shape index (κ1) is 20.5. The molecule has 4 atom stereocenters. The molecule has 8 heteroatoms. The van der Waals surface area contributed by atoms with E-state index in [4.69, 9.17) is 5.73 Å². The van der Waals surface area contributed by atoms with E-state index in [1.54, 1.807) is 6.07 Å². The van der Waals surface area contributed by atoms with Gasteiger partial charge in [0.05, 0.1) is 11.0 Å². The van der Waals surface area contributed by atoms with Gasteiger partial charge in [-0.15, -0.1) is 11.3 Å². The molecule has 1 aromatic rings. The van der Waals surface area contributed by atoms with E-state index in [0.717, 1.165) is 43.7 Å². The Morgan fingerprint density at radius 2 is 2.04 bits per heavy atom. The molecule has 27 heavy (non-hydrogen) atoms. The third-order valence-corrected chi connectivity index (χ3v) is 7.23. The van der Waals surface area contributed by atoms with E-state index in [1.165, 1.54) is 6.07 Å². The third kappa shape index (κ3) is 4.26. The Kier molecular flexibility index (Phi) is 5.77. The summed E-state index contributed by atoms with van der Waals surface area (Å²) in [4.78, 5) is 15.6. The van der Waals surface area contributed by atoms with Gasteiger partial charge in [-0.2, -0.15) is 13.2 Å². The van der Waals surface area contributed by atoms with Crippen molar-refractivity contribution in [1.82, 2.24) is 4.90 Å². The number of alkyl halides is 3. The minimum atomic E-state index is -4.28. The highest BCUT2D eigenvalue weighted by Crippen LogP contribution is 2.45. The Bertz CT molecular complexity index is 675. The summed E-state index contributed by atoms with van der Waals surface area (Å²) in [5, 5.41) is 0.687. The molecule has 1 saturated heterocycles. The lowest BCUT2D eigenvalue weighted by molar-refractivity contribution is -0.134. The van der Waals surface area contributed by atoms with Crippen molar-refractivity contribution in [2.75, 3.05) is 25.0 Å². The molecule has 0 aromatic carbocycles. The lowest BCUT2D eigenvalue weighted by Crippen LogP contribution is -2.50. The van der Waals surface area contributed by atoms with Crippen LogP contribution in [0, 0.1) is 17.8 Å². The molecule has 2 N–H and O–H groups in total. The van der Waals surface area contributed by atoms with Gasteiger partial charge in [0.25, 0.3) is 0 Å². The highest BCUT2D eigenvalue weighted by molar-refractivity contribution is 7.16. The van der Waals surface area contributed by atoms with Gasteiger partial charge >= 0.3 is 6.18 Å². The molecule has 4 nitrogen and oxygen atoms in total. The second-order valence-electron chi connectivity index (χ2n) is 8.32. The molecule has 0 spiro atoms. The zero-order valence-electron chi connectivity index (χ0n) is 16.0. The van der Waals surface area contributed by atoms with Crippen molar-refractivity contribution in [3.05, 3.63) is 17.0 Å². The molecule has 1 aliphatic carbocycles. The lowest BCUT2D eigenvalue weighted by atomic mass is 9.94. The van der Waals surface area contributed by atoms with Gasteiger partial charge in [0.15, 0.2) is 0 Å². The summed E-state index contributed by atoms with van der Waals surface area (Å²) in [6.07, 6.45) is -1.50. The van der Waals surface area contributed by atoms with Crippen LogP contribution in [0.2, 0.25) is 0 Å². The monoisotopic (exact) mass is 403 g/mol. The molecule has 1 aliphatic heterocycles. The molecule has 2 fully saturated rings. The van der Waals surface area contributed by atoms with Crippen molar-refractivity contribution in [3.8, 4) is 0 Å². The number of anilines is 1. The van der Waals surface area contributed by atoms with Gasteiger partial charge in [0, 0.05) is 19.1 Å². The Hall–Kier alpha value is -1.28. The van der Waals surface area contributed by atoms with E-state index < -0.39 is 11.1 Å². The number of primary amides is 1. The average Bonchev–Trinajstić information content (AvgIpc) is 3.24. The maximum absolute atomic E-state index is 12.9. The number of hydrogen-bond donors (Lipinski definition) is 1. The van der Waals surface area contributed by atoms with E-state index in [-0.39, 0.29) is 18.0 Å².